The number of anilines is 1. The number of hydrogen-bond acceptors (Lipinski definition) is 3. The van der Waals surface area contributed by atoms with Crippen molar-refractivity contribution in [1.82, 2.24) is 4.98 Å². The van der Waals surface area contributed by atoms with Gasteiger partial charge < -0.3 is 0 Å². The molecular formula is C16H11ClFN3. The van der Waals surface area contributed by atoms with Crippen LogP contribution in [0.2, 0.25) is 5.02 Å². The topological polar surface area (TPSA) is 37.3 Å². The quantitative estimate of drug-likeness (QED) is 0.572. The van der Waals surface area contributed by atoms with Gasteiger partial charge in [0.25, 0.3) is 0 Å². The summed E-state index contributed by atoms with van der Waals surface area (Å²) in [6.45, 7) is 0. The van der Waals surface area contributed by atoms with Gasteiger partial charge in [0.15, 0.2) is 0 Å². The SMILES string of the molecule is Fc1ccc(C=NNc2ccnc3cc(Cl)ccc23)cc1. The maximum atomic E-state index is 12.8. The molecule has 0 amide bonds. The summed E-state index contributed by atoms with van der Waals surface area (Å²) in [6.07, 6.45) is 3.32. The molecule has 0 saturated carbocycles. The summed E-state index contributed by atoms with van der Waals surface area (Å²) in [5, 5.41) is 5.73. The lowest BCUT2D eigenvalue weighted by Crippen LogP contribution is -1.93. The second-order valence-corrected chi connectivity index (χ2v) is 4.88. The molecule has 0 unspecified atom stereocenters. The summed E-state index contributed by atoms with van der Waals surface area (Å²) in [5.74, 6) is -0.267. The van der Waals surface area contributed by atoms with Crippen molar-refractivity contribution in [2.75, 3.05) is 5.43 Å². The molecule has 1 N–H and O–H groups in total. The molecule has 0 aliphatic heterocycles. The van der Waals surface area contributed by atoms with E-state index in [-0.39, 0.29) is 5.82 Å². The molecule has 21 heavy (non-hydrogen) atoms. The highest BCUT2D eigenvalue weighted by Crippen LogP contribution is 2.24. The Kier molecular flexibility index (Phi) is 3.79. The molecule has 5 heteroatoms. The summed E-state index contributed by atoms with van der Waals surface area (Å²) in [4.78, 5) is 4.26. The number of halogens is 2. The lowest BCUT2D eigenvalue weighted by Gasteiger charge is -2.05. The van der Waals surface area contributed by atoms with E-state index in [9.17, 15) is 4.39 Å². The van der Waals surface area contributed by atoms with E-state index in [2.05, 4.69) is 15.5 Å². The number of hydrazone groups is 1. The largest absolute Gasteiger partial charge is 0.278 e. The molecule has 1 aromatic heterocycles. The van der Waals surface area contributed by atoms with Crippen molar-refractivity contribution in [2.45, 2.75) is 0 Å². The van der Waals surface area contributed by atoms with Gasteiger partial charge in [0, 0.05) is 16.6 Å². The first-order valence-corrected chi connectivity index (χ1v) is 6.69. The van der Waals surface area contributed by atoms with Gasteiger partial charge in [-0.3, -0.25) is 10.4 Å². The van der Waals surface area contributed by atoms with Gasteiger partial charge in [0.1, 0.15) is 5.82 Å². The molecular weight excluding hydrogens is 289 g/mol. The zero-order valence-corrected chi connectivity index (χ0v) is 11.7. The minimum Gasteiger partial charge on any atom is -0.278 e. The first-order valence-electron chi connectivity index (χ1n) is 6.31. The van der Waals surface area contributed by atoms with E-state index >= 15 is 0 Å². The van der Waals surface area contributed by atoms with Crippen molar-refractivity contribution in [3.05, 3.63) is 71.1 Å². The summed E-state index contributed by atoms with van der Waals surface area (Å²) < 4.78 is 12.8. The molecule has 3 aromatic rings. The summed E-state index contributed by atoms with van der Waals surface area (Å²) >= 11 is 5.95. The number of nitrogens with zero attached hydrogens (tertiary/aromatic N) is 2. The first kappa shape index (κ1) is 13.5. The molecule has 0 aliphatic carbocycles. The third kappa shape index (κ3) is 3.17. The average Bonchev–Trinajstić information content (AvgIpc) is 2.49. The van der Waals surface area contributed by atoms with Crippen LogP contribution in [0.4, 0.5) is 10.1 Å². The van der Waals surface area contributed by atoms with Gasteiger partial charge in [-0.15, -0.1) is 0 Å². The van der Waals surface area contributed by atoms with Crippen LogP contribution in [-0.4, -0.2) is 11.2 Å². The van der Waals surface area contributed by atoms with Gasteiger partial charge in [-0.05, 0) is 42.0 Å². The highest BCUT2D eigenvalue weighted by atomic mass is 35.5. The van der Waals surface area contributed by atoms with Crippen LogP contribution in [0.25, 0.3) is 10.9 Å². The number of rotatable bonds is 3. The monoisotopic (exact) mass is 299 g/mol. The molecule has 3 rings (SSSR count). The van der Waals surface area contributed by atoms with Crippen molar-refractivity contribution in [3.8, 4) is 0 Å². The molecule has 0 radical (unpaired) electrons. The number of hydrogen-bond donors (Lipinski definition) is 1. The fourth-order valence-electron chi connectivity index (χ4n) is 1.94. The Labute approximate surface area is 126 Å². The molecule has 0 atom stereocenters. The van der Waals surface area contributed by atoms with E-state index in [0.29, 0.717) is 5.02 Å². The Balaban J connectivity index is 1.83. The van der Waals surface area contributed by atoms with E-state index in [1.807, 2.05) is 12.1 Å². The fourth-order valence-corrected chi connectivity index (χ4v) is 2.11. The fraction of sp³-hybridized carbons (Fsp3) is 0. The second-order valence-electron chi connectivity index (χ2n) is 4.44. The Hall–Kier alpha value is -2.46. The van der Waals surface area contributed by atoms with Crippen LogP contribution in [0.5, 0.6) is 0 Å². The van der Waals surface area contributed by atoms with Crippen molar-refractivity contribution >= 4 is 34.4 Å². The van der Waals surface area contributed by atoms with E-state index in [4.69, 9.17) is 11.6 Å². The van der Waals surface area contributed by atoms with Crippen LogP contribution in [0.15, 0.2) is 59.8 Å². The Morgan fingerprint density at radius 2 is 1.90 bits per heavy atom. The molecule has 0 spiro atoms. The van der Waals surface area contributed by atoms with Crippen molar-refractivity contribution < 1.29 is 4.39 Å². The van der Waals surface area contributed by atoms with Gasteiger partial charge in [-0.2, -0.15) is 5.10 Å². The molecule has 3 nitrogen and oxygen atoms in total. The van der Waals surface area contributed by atoms with E-state index < -0.39 is 0 Å². The predicted octanol–water partition coefficient (Wildman–Crippen LogP) is 4.47. The number of fused-ring (bicyclic) bond motifs is 1. The van der Waals surface area contributed by atoms with Gasteiger partial charge >= 0.3 is 0 Å². The number of pyridine rings is 1. The third-order valence-corrected chi connectivity index (χ3v) is 3.21. The van der Waals surface area contributed by atoms with E-state index in [1.165, 1.54) is 12.1 Å². The van der Waals surface area contributed by atoms with Crippen LogP contribution in [0.1, 0.15) is 5.56 Å². The Bertz CT molecular complexity index is 800. The van der Waals surface area contributed by atoms with Crippen LogP contribution in [0.3, 0.4) is 0 Å². The standard InChI is InChI=1S/C16H11ClFN3/c17-12-3-6-14-15(7-8-19-16(14)9-12)21-20-10-11-1-4-13(18)5-2-11/h1-10H,(H,19,21). The molecule has 2 aromatic carbocycles. The van der Waals surface area contributed by atoms with Crippen molar-refractivity contribution in [3.63, 3.8) is 0 Å². The summed E-state index contributed by atoms with van der Waals surface area (Å²) in [5.41, 5.74) is 5.40. The number of nitrogens with one attached hydrogen (secondary N) is 1. The number of benzene rings is 2. The maximum Gasteiger partial charge on any atom is 0.123 e. The zero-order chi connectivity index (χ0) is 14.7. The normalized spacial score (nSPS) is 11.1. The second kappa shape index (κ2) is 5.89. The van der Waals surface area contributed by atoms with Gasteiger partial charge in [0.2, 0.25) is 0 Å². The minimum atomic E-state index is -0.267. The van der Waals surface area contributed by atoms with E-state index in [1.54, 1.807) is 36.7 Å². The van der Waals surface area contributed by atoms with Crippen LogP contribution in [-0.2, 0) is 0 Å². The lowest BCUT2D eigenvalue weighted by atomic mass is 10.2. The molecule has 0 fully saturated rings. The minimum absolute atomic E-state index is 0.267. The average molecular weight is 300 g/mol. The molecule has 1 heterocycles. The summed E-state index contributed by atoms with van der Waals surface area (Å²) in [7, 11) is 0. The maximum absolute atomic E-state index is 12.8. The molecule has 0 saturated heterocycles. The van der Waals surface area contributed by atoms with Crippen LogP contribution >= 0.6 is 11.6 Å². The summed E-state index contributed by atoms with van der Waals surface area (Å²) in [6, 6.07) is 13.4. The molecule has 104 valence electrons. The first-order chi connectivity index (χ1) is 10.2. The van der Waals surface area contributed by atoms with Gasteiger partial charge in [0.05, 0.1) is 17.4 Å². The van der Waals surface area contributed by atoms with Crippen molar-refractivity contribution in [2.24, 2.45) is 5.10 Å². The molecule has 0 aliphatic rings. The van der Waals surface area contributed by atoms with Gasteiger partial charge in [-0.25, -0.2) is 4.39 Å². The van der Waals surface area contributed by atoms with E-state index in [0.717, 1.165) is 22.2 Å². The third-order valence-electron chi connectivity index (χ3n) is 2.97. The highest BCUT2D eigenvalue weighted by Gasteiger charge is 2.01. The van der Waals surface area contributed by atoms with Crippen LogP contribution < -0.4 is 5.43 Å². The smallest absolute Gasteiger partial charge is 0.123 e. The highest BCUT2D eigenvalue weighted by molar-refractivity contribution is 6.31. The Morgan fingerprint density at radius 1 is 1.10 bits per heavy atom. The predicted molar refractivity (Wildman–Crippen MR) is 84.4 cm³/mol. The van der Waals surface area contributed by atoms with Crippen molar-refractivity contribution in [1.29, 1.82) is 0 Å². The molecule has 0 bridgehead atoms. The Morgan fingerprint density at radius 3 is 2.71 bits per heavy atom. The van der Waals surface area contributed by atoms with Crippen LogP contribution in [0, 0.1) is 5.82 Å². The number of aromatic nitrogens is 1. The zero-order valence-electron chi connectivity index (χ0n) is 10.9. The lowest BCUT2D eigenvalue weighted by molar-refractivity contribution is 0.628. The van der Waals surface area contributed by atoms with Gasteiger partial charge in [-0.1, -0.05) is 23.7 Å².